The van der Waals surface area contributed by atoms with E-state index in [1.807, 2.05) is 13.8 Å². The Morgan fingerprint density at radius 1 is 1.38 bits per heavy atom. The molecule has 6 heteroatoms. The average Bonchev–Trinajstić information content (AvgIpc) is 2.99. The number of carboxylic acid groups (broad SMARTS) is 1. The summed E-state index contributed by atoms with van der Waals surface area (Å²) in [6.45, 7) is 3.69. The summed E-state index contributed by atoms with van der Waals surface area (Å²) in [6, 6.07) is 0. The van der Waals surface area contributed by atoms with Crippen LogP contribution in [-0.2, 0) is 23.8 Å². The second kappa shape index (κ2) is 4.95. The van der Waals surface area contributed by atoms with Gasteiger partial charge in [0, 0.05) is 19.3 Å². The minimum atomic E-state index is -0.775. The van der Waals surface area contributed by atoms with E-state index in [0.29, 0.717) is 12.8 Å². The molecule has 0 aliphatic carbocycles. The zero-order valence-electron chi connectivity index (χ0n) is 12.5. The van der Waals surface area contributed by atoms with Crippen LogP contribution in [0.3, 0.4) is 0 Å². The molecule has 0 aromatic carbocycles. The third-order valence-electron chi connectivity index (χ3n) is 4.83. The zero-order chi connectivity index (χ0) is 15.3. The maximum absolute atomic E-state index is 11.8. The van der Waals surface area contributed by atoms with Gasteiger partial charge in [0.15, 0.2) is 5.79 Å². The average molecular weight is 298 g/mol. The number of carbonyl (C=O) groups excluding carboxylic acids is 1. The summed E-state index contributed by atoms with van der Waals surface area (Å²) in [6.07, 6.45) is 3.33. The first-order chi connectivity index (χ1) is 9.82. The fraction of sp³-hybridized carbons (Fsp3) is 0.867. The van der Waals surface area contributed by atoms with E-state index in [0.717, 1.165) is 19.3 Å². The van der Waals surface area contributed by atoms with Crippen LogP contribution in [0.1, 0.15) is 52.4 Å². The molecule has 3 heterocycles. The molecule has 3 rings (SSSR count). The second-order valence-corrected chi connectivity index (χ2v) is 6.88. The van der Waals surface area contributed by atoms with Crippen LogP contribution in [0, 0.1) is 5.41 Å². The predicted octanol–water partition coefficient (Wildman–Crippen LogP) is 1.86. The van der Waals surface area contributed by atoms with Crippen LogP contribution in [0.15, 0.2) is 0 Å². The van der Waals surface area contributed by atoms with Crippen molar-refractivity contribution in [2.24, 2.45) is 5.41 Å². The summed E-state index contributed by atoms with van der Waals surface area (Å²) in [5.74, 6) is -1.62. The van der Waals surface area contributed by atoms with Crippen molar-refractivity contribution < 1.29 is 28.9 Å². The highest BCUT2D eigenvalue weighted by molar-refractivity contribution is 5.79. The Hall–Kier alpha value is -1.14. The number of aliphatic carboxylic acids is 1. The van der Waals surface area contributed by atoms with E-state index in [4.69, 9.17) is 19.3 Å². The lowest BCUT2D eigenvalue weighted by Crippen LogP contribution is -2.37. The number of carboxylic acids is 1. The molecule has 21 heavy (non-hydrogen) atoms. The highest BCUT2D eigenvalue weighted by atomic mass is 16.7. The third-order valence-corrected chi connectivity index (χ3v) is 4.83. The van der Waals surface area contributed by atoms with E-state index in [9.17, 15) is 9.59 Å². The molecule has 4 atom stereocenters. The van der Waals surface area contributed by atoms with E-state index < -0.39 is 17.2 Å². The monoisotopic (exact) mass is 298 g/mol. The van der Waals surface area contributed by atoms with Crippen molar-refractivity contribution in [1.82, 2.24) is 0 Å². The Bertz CT molecular complexity index is 459. The van der Waals surface area contributed by atoms with Crippen LogP contribution in [-0.4, -0.2) is 41.1 Å². The molecule has 3 saturated heterocycles. The van der Waals surface area contributed by atoms with E-state index in [2.05, 4.69) is 0 Å². The number of fused-ring (bicyclic) bond motifs is 1. The van der Waals surface area contributed by atoms with E-state index >= 15 is 0 Å². The van der Waals surface area contributed by atoms with Crippen molar-refractivity contribution in [1.29, 1.82) is 0 Å². The molecule has 3 fully saturated rings. The van der Waals surface area contributed by atoms with Gasteiger partial charge in [-0.2, -0.15) is 0 Å². The van der Waals surface area contributed by atoms with Crippen molar-refractivity contribution in [3.8, 4) is 0 Å². The summed E-state index contributed by atoms with van der Waals surface area (Å²) in [5, 5.41) is 8.67. The summed E-state index contributed by atoms with van der Waals surface area (Å²) in [7, 11) is 0. The first-order valence-corrected chi connectivity index (χ1v) is 7.61. The minimum Gasteiger partial charge on any atom is -0.481 e. The van der Waals surface area contributed by atoms with Gasteiger partial charge in [0.1, 0.15) is 12.2 Å². The van der Waals surface area contributed by atoms with Crippen LogP contribution in [0.25, 0.3) is 0 Å². The SMILES string of the molecule is CC1(C)C(=O)O[C@@H]2C[C@]3(CC[C@@H](CCCC(=O)O)O3)O[C@@H]21. The van der Waals surface area contributed by atoms with Gasteiger partial charge in [-0.3, -0.25) is 9.59 Å². The van der Waals surface area contributed by atoms with Gasteiger partial charge in [0.25, 0.3) is 0 Å². The van der Waals surface area contributed by atoms with Crippen LogP contribution in [0.5, 0.6) is 0 Å². The molecule has 3 aliphatic rings. The van der Waals surface area contributed by atoms with Gasteiger partial charge in [-0.1, -0.05) is 0 Å². The number of esters is 1. The normalized spacial score (nSPS) is 40.5. The molecular weight excluding hydrogens is 276 g/mol. The van der Waals surface area contributed by atoms with Gasteiger partial charge in [0.05, 0.1) is 11.5 Å². The molecule has 118 valence electrons. The van der Waals surface area contributed by atoms with Gasteiger partial charge in [-0.15, -0.1) is 0 Å². The molecule has 0 aromatic rings. The number of hydrogen-bond acceptors (Lipinski definition) is 5. The highest BCUT2D eigenvalue weighted by Crippen LogP contribution is 2.51. The van der Waals surface area contributed by atoms with Crippen molar-refractivity contribution >= 4 is 11.9 Å². The van der Waals surface area contributed by atoms with Gasteiger partial charge in [-0.25, -0.2) is 0 Å². The Morgan fingerprint density at radius 2 is 2.14 bits per heavy atom. The number of ether oxygens (including phenoxy) is 3. The van der Waals surface area contributed by atoms with Crippen LogP contribution >= 0.6 is 0 Å². The van der Waals surface area contributed by atoms with Crippen LogP contribution < -0.4 is 0 Å². The minimum absolute atomic E-state index is 0.0435. The van der Waals surface area contributed by atoms with Crippen molar-refractivity contribution in [3.63, 3.8) is 0 Å². The van der Waals surface area contributed by atoms with E-state index in [-0.39, 0.29) is 30.7 Å². The van der Waals surface area contributed by atoms with E-state index in [1.54, 1.807) is 0 Å². The first-order valence-electron chi connectivity index (χ1n) is 7.61. The Kier molecular flexibility index (Phi) is 3.48. The van der Waals surface area contributed by atoms with Crippen molar-refractivity contribution in [2.75, 3.05) is 0 Å². The smallest absolute Gasteiger partial charge is 0.314 e. The molecule has 0 unspecified atom stereocenters. The standard InChI is InChI=1S/C15H22O6/c1-14(2)12-10(19-13(14)18)8-15(21-12)7-6-9(20-15)4-3-5-11(16)17/h9-10,12H,3-8H2,1-2H3,(H,16,17)/t9-,10-,12+,15+/m1/s1. The molecule has 6 nitrogen and oxygen atoms in total. The Morgan fingerprint density at radius 3 is 2.81 bits per heavy atom. The van der Waals surface area contributed by atoms with Gasteiger partial charge < -0.3 is 19.3 Å². The first kappa shape index (κ1) is 14.8. The number of hydrogen-bond donors (Lipinski definition) is 1. The van der Waals surface area contributed by atoms with Gasteiger partial charge in [-0.05, 0) is 33.1 Å². The quantitative estimate of drug-likeness (QED) is 0.798. The van der Waals surface area contributed by atoms with Crippen molar-refractivity contribution in [3.05, 3.63) is 0 Å². The lowest BCUT2D eigenvalue weighted by atomic mass is 9.87. The maximum atomic E-state index is 11.8. The Labute approximate surface area is 123 Å². The lowest BCUT2D eigenvalue weighted by molar-refractivity contribution is -0.228. The molecule has 0 amide bonds. The molecule has 3 aliphatic heterocycles. The summed E-state index contributed by atoms with van der Waals surface area (Å²) in [4.78, 5) is 22.3. The summed E-state index contributed by atoms with van der Waals surface area (Å²) >= 11 is 0. The van der Waals surface area contributed by atoms with Gasteiger partial charge >= 0.3 is 11.9 Å². The van der Waals surface area contributed by atoms with Crippen LogP contribution in [0.4, 0.5) is 0 Å². The zero-order valence-corrected chi connectivity index (χ0v) is 12.5. The topological polar surface area (TPSA) is 82.1 Å². The fourth-order valence-electron chi connectivity index (χ4n) is 3.61. The summed E-state index contributed by atoms with van der Waals surface area (Å²) in [5.41, 5.74) is -0.626. The lowest BCUT2D eigenvalue weighted by Gasteiger charge is -2.28. The van der Waals surface area contributed by atoms with Crippen LogP contribution in [0.2, 0.25) is 0 Å². The Balaban J connectivity index is 1.57. The molecule has 0 bridgehead atoms. The molecule has 0 saturated carbocycles. The molecule has 0 aromatic heterocycles. The summed E-state index contributed by atoms with van der Waals surface area (Å²) < 4.78 is 17.6. The molecule has 1 spiro atoms. The fourth-order valence-corrected chi connectivity index (χ4v) is 3.61. The van der Waals surface area contributed by atoms with E-state index in [1.165, 1.54) is 0 Å². The highest BCUT2D eigenvalue weighted by Gasteiger charge is 2.63. The number of rotatable bonds is 4. The third kappa shape index (κ3) is 2.55. The molecule has 0 radical (unpaired) electrons. The maximum Gasteiger partial charge on any atom is 0.314 e. The molecular formula is C15H22O6. The van der Waals surface area contributed by atoms with Gasteiger partial charge in [0.2, 0.25) is 0 Å². The van der Waals surface area contributed by atoms with Crippen molar-refractivity contribution in [2.45, 2.75) is 76.5 Å². The largest absolute Gasteiger partial charge is 0.481 e. The number of carbonyl (C=O) groups is 2. The second-order valence-electron chi connectivity index (χ2n) is 6.88. The molecule has 1 N–H and O–H groups in total. The predicted molar refractivity (Wildman–Crippen MR) is 71.5 cm³/mol.